The number of nitrogens with one attached hydrogen (secondary N) is 1. The summed E-state index contributed by atoms with van der Waals surface area (Å²) in [5.41, 5.74) is 0. The number of carbonyl (C=O) groups excluding carboxylic acids is 4. The summed E-state index contributed by atoms with van der Waals surface area (Å²) in [6.45, 7) is 6.22. The van der Waals surface area contributed by atoms with Gasteiger partial charge in [-0.25, -0.2) is 0 Å². The fourth-order valence-electron chi connectivity index (χ4n) is 3.77. The second-order valence-electron chi connectivity index (χ2n) is 7.03. The fraction of sp³-hybridized carbons (Fsp3) is 0.778. The molecule has 1 N–H and O–H groups in total. The van der Waals surface area contributed by atoms with Crippen LogP contribution in [0.3, 0.4) is 0 Å². The van der Waals surface area contributed by atoms with Crippen LogP contribution >= 0.6 is 0 Å². The molecule has 140 valence electrons. The van der Waals surface area contributed by atoms with Gasteiger partial charge in [-0.1, -0.05) is 6.92 Å². The van der Waals surface area contributed by atoms with Crippen LogP contribution in [0.2, 0.25) is 0 Å². The van der Waals surface area contributed by atoms with E-state index in [1.54, 1.807) is 16.7 Å². The number of nitrogens with zero attached hydrogens (tertiary/aromatic N) is 2. The average molecular weight is 351 g/mol. The summed E-state index contributed by atoms with van der Waals surface area (Å²) in [6.07, 6.45) is 4.10. The minimum absolute atomic E-state index is 0.00434. The maximum atomic E-state index is 12.6. The monoisotopic (exact) mass is 351 g/mol. The summed E-state index contributed by atoms with van der Waals surface area (Å²) in [5, 5.41) is 2.75. The van der Waals surface area contributed by atoms with E-state index in [4.69, 9.17) is 0 Å². The van der Waals surface area contributed by atoms with Crippen molar-refractivity contribution in [2.45, 2.75) is 77.4 Å². The van der Waals surface area contributed by atoms with Gasteiger partial charge < -0.3 is 15.1 Å². The summed E-state index contributed by atoms with van der Waals surface area (Å²) in [4.78, 5) is 52.2. The van der Waals surface area contributed by atoms with Gasteiger partial charge in [-0.3, -0.25) is 19.2 Å². The predicted molar refractivity (Wildman–Crippen MR) is 92.7 cm³/mol. The van der Waals surface area contributed by atoms with E-state index in [2.05, 4.69) is 5.32 Å². The van der Waals surface area contributed by atoms with E-state index in [9.17, 15) is 19.2 Å². The molecule has 2 aliphatic rings. The van der Waals surface area contributed by atoms with Gasteiger partial charge in [0.1, 0.15) is 12.1 Å². The van der Waals surface area contributed by atoms with Gasteiger partial charge in [-0.2, -0.15) is 0 Å². The summed E-state index contributed by atoms with van der Waals surface area (Å²) < 4.78 is 0. The Hall–Kier alpha value is -1.92. The van der Waals surface area contributed by atoms with E-state index < -0.39 is 12.1 Å². The van der Waals surface area contributed by atoms with E-state index in [0.717, 1.165) is 19.3 Å². The molecule has 2 saturated heterocycles. The Morgan fingerprint density at radius 3 is 2.24 bits per heavy atom. The number of rotatable bonds is 6. The van der Waals surface area contributed by atoms with Crippen LogP contribution in [0.5, 0.6) is 0 Å². The number of likely N-dealkylation sites (tertiary alicyclic amines) is 2. The van der Waals surface area contributed by atoms with Gasteiger partial charge in [0.15, 0.2) is 5.78 Å². The molecule has 0 aromatic carbocycles. The Bertz CT molecular complexity index is 548. The molecule has 7 heteroatoms. The molecule has 3 amide bonds. The van der Waals surface area contributed by atoms with Crippen molar-refractivity contribution < 1.29 is 19.2 Å². The summed E-state index contributed by atoms with van der Waals surface area (Å²) >= 11 is 0. The smallest absolute Gasteiger partial charge is 0.245 e. The van der Waals surface area contributed by atoms with Crippen LogP contribution in [0, 0.1) is 0 Å². The first-order chi connectivity index (χ1) is 11.9. The molecule has 0 aliphatic carbocycles. The standard InChI is InChI=1S/C18H29N3O4/c1-4-7-16(23)20-10-6-9-15(20)17(24)19-12(2)18(25)21-11-5-8-14(21)13(3)22/h12,14-15H,4-11H2,1-3H3,(H,19,24). The maximum Gasteiger partial charge on any atom is 0.245 e. The second kappa shape index (κ2) is 8.45. The van der Waals surface area contributed by atoms with Gasteiger partial charge in [0, 0.05) is 19.5 Å². The summed E-state index contributed by atoms with van der Waals surface area (Å²) in [7, 11) is 0. The van der Waals surface area contributed by atoms with Gasteiger partial charge in [0.05, 0.1) is 6.04 Å². The second-order valence-corrected chi connectivity index (χ2v) is 7.03. The molecule has 0 aromatic heterocycles. The Labute approximate surface area is 149 Å². The van der Waals surface area contributed by atoms with Crippen molar-refractivity contribution in [3.8, 4) is 0 Å². The van der Waals surface area contributed by atoms with Gasteiger partial charge in [-0.05, 0) is 46.0 Å². The molecule has 25 heavy (non-hydrogen) atoms. The molecule has 0 radical (unpaired) electrons. The Morgan fingerprint density at radius 2 is 1.64 bits per heavy atom. The van der Waals surface area contributed by atoms with Crippen LogP contribution < -0.4 is 5.32 Å². The lowest BCUT2D eigenvalue weighted by molar-refractivity contribution is -0.142. The van der Waals surface area contributed by atoms with Crippen LogP contribution in [-0.4, -0.2) is 64.5 Å². The van der Waals surface area contributed by atoms with Gasteiger partial charge in [0.25, 0.3) is 0 Å². The topological polar surface area (TPSA) is 86.8 Å². The Morgan fingerprint density at radius 1 is 1.04 bits per heavy atom. The highest BCUT2D eigenvalue weighted by molar-refractivity contribution is 5.94. The lowest BCUT2D eigenvalue weighted by Gasteiger charge is -2.28. The molecule has 2 heterocycles. The summed E-state index contributed by atoms with van der Waals surface area (Å²) in [5.74, 6) is -0.524. The highest BCUT2D eigenvalue weighted by Crippen LogP contribution is 2.21. The lowest BCUT2D eigenvalue weighted by Crippen LogP contribution is -2.54. The highest BCUT2D eigenvalue weighted by atomic mass is 16.2. The van der Waals surface area contributed by atoms with Crippen molar-refractivity contribution in [2.24, 2.45) is 0 Å². The van der Waals surface area contributed by atoms with Crippen molar-refractivity contribution in [1.82, 2.24) is 15.1 Å². The first kappa shape index (κ1) is 19.4. The molecule has 7 nitrogen and oxygen atoms in total. The first-order valence-electron chi connectivity index (χ1n) is 9.27. The highest BCUT2D eigenvalue weighted by Gasteiger charge is 2.37. The average Bonchev–Trinajstić information content (AvgIpc) is 3.23. The zero-order valence-electron chi connectivity index (χ0n) is 15.4. The van der Waals surface area contributed by atoms with Crippen LogP contribution in [0.15, 0.2) is 0 Å². The molecule has 2 rings (SSSR count). The summed E-state index contributed by atoms with van der Waals surface area (Å²) in [6, 6.07) is -1.56. The van der Waals surface area contributed by atoms with E-state index in [1.807, 2.05) is 6.92 Å². The van der Waals surface area contributed by atoms with E-state index in [-0.39, 0.29) is 29.5 Å². The molecule has 0 bridgehead atoms. The fourth-order valence-corrected chi connectivity index (χ4v) is 3.77. The number of hydrogen-bond acceptors (Lipinski definition) is 4. The molecule has 0 saturated carbocycles. The molecule has 2 aliphatic heterocycles. The normalized spacial score (nSPS) is 24.3. The van der Waals surface area contributed by atoms with Crippen molar-refractivity contribution in [3.63, 3.8) is 0 Å². The van der Waals surface area contributed by atoms with Gasteiger partial charge in [0.2, 0.25) is 17.7 Å². The zero-order chi connectivity index (χ0) is 18.6. The lowest BCUT2D eigenvalue weighted by atomic mass is 10.1. The molecular formula is C18H29N3O4. The van der Waals surface area contributed by atoms with Crippen molar-refractivity contribution in [1.29, 1.82) is 0 Å². The van der Waals surface area contributed by atoms with Gasteiger partial charge >= 0.3 is 0 Å². The molecule has 0 spiro atoms. The Balaban J connectivity index is 1.96. The van der Waals surface area contributed by atoms with E-state index in [0.29, 0.717) is 32.4 Å². The zero-order valence-corrected chi connectivity index (χ0v) is 15.4. The number of amides is 3. The third-order valence-electron chi connectivity index (χ3n) is 5.07. The third kappa shape index (κ3) is 4.38. The molecule has 3 atom stereocenters. The largest absolute Gasteiger partial charge is 0.343 e. The molecular weight excluding hydrogens is 322 g/mol. The van der Waals surface area contributed by atoms with Gasteiger partial charge in [-0.15, -0.1) is 0 Å². The van der Waals surface area contributed by atoms with Crippen molar-refractivity contribution in [2.75, 3.05) is 13.1 Å². The number of carbonyl (C=O) groups is 4. The van der Waals surface area contributed by atoms with Crippen molar-refractivity contribution >= 4 is 23.5 Å². The van der Waals surface area contributed by atoms with Crippen LogP contribution in [0.25, 0.3) is 0 Å². The number of ketones is 1. The van der Waals surface area contributed by atoms with Crippen molar-refractivity contribution in [3.05, 3.63) is 0 Å². The molecule has 0 aromatic rings. The van der Waals surface area contributed by atoms with E-state index in [1.165, 1.54) is 6.92 Å². The minimum Gasteiger partial charge on any atom is -0.343 e. The van der Waals surface area contributed by atoms with Crippen LogP contribution in [0.4, 0.5) is 0 Å². The minimum atomic E-state index is -0.698. The quantitative estimate of drug-likeness (QED) is 0.769. The number of Topliss-reactive ketones (excluding diaryl/α,β-unsaturated/α-hetero) is 1. The third-order valence-corrected chi connectivity index (χ3v) is 5.07. The van der Waals surface area contributed by atoms with Crippen LogP contribution in [0.1, 0.15) is 59.3 Å². The maximum absolute atomic E-state index is 12.6. The van der Waals surface area contributed by atoms with E-state index >= 15 is 0 Å². The SMILES string of the molecule is CCCC(=O)N1CCCC1C(=O)NC(C)C(=O)N1CCCC1C(C)=O. The first-order valence-corrected chi connectivity index (χ1v) is 9.27. The number of hydrogen-bond donors (Lipinski definition) is 1. The van der Waals surface area contributed by atoms with Crippen LogP contribution in [-0.2, 0) is 19.2 Å². The predicted octanol–water partition coefficient (Wildman–Crippen LogP) is 0.862. The Kier molecular flexibility index (Phi) is 6.56. The molecule has 3 unspecified atom stereocenters. The molecule has 2 fully saturated rings.